The van der Waals surface area contributed by atoms with E-state index in [1.807, 2.05) is 6.92 Å². The molecule has 0 atom stereocenters. The Bertz CT molecular complexity index is 590. The first-order valence-electron chi connectivity index (χ1n) is 6.90. The van der Waals surface area contributed by atoms with Crippen molar-refractivity contribution < 1.29 is 18.4 Å². The number of carbonyl (C=O) groups excluding carboxylic acids is 2. The second-order valence-corrected chi connectivity index (χ2v) is 5.27. The van der Waals surface area contributed by atoms with Crippen LogP contribution < -0.4 is 5.32 Å². The Morgan fingerprint density at radius 2 is 1.68 bits per heavy atom. The van der Waals surface area contributed by atoms with Crippen molar-refractivity contribution >= 4 is 23.5 Å². The van der Waals surface area contributed by atoms with Gasteiger partial charge in [-0.3, -0.25) is 4.79 Å². The van der Waals surface area contributed by atoms with Crippen LogP contribution in [0.5, 0.6) is 0 Å². The third-order valence-corrected chi connectivity index (χ3v) is 3.74. The minimum Gasteiger partial charge on any atom is -0.338 e. The van der Waals surface area contributed by atoms with E-state index in [-0.39, 0.29) is 16.6 Å². The Hall–Kier alpha value is -1.89. The highest BCUT2D eigenvalue weighted by molar-refractivity contribution is 6.33. The van der Waals surface area contributed by atoms with Crippen LogP contribution in [0.4, 0.5) is 13.6 Å². The summed E-state index contributed by atoms with van der Waals surface area (Å²) in [5, 5.41) is 2.56. The smallest absolute Gasteiger partial charge is 0.317 e. The van der Waals surface area contributed by atoms with Crippen LogP contribution in [-0.4, -0.2) is 54.5 Å². The molecule has 1 saturated heterocycles. The highest BCUT2D eigenvalue weighted by Crippen LogP contribution is 2.22. The van der Waals surface area contributed by atoms with E-state index in [1.54, 1.807) is 4.90 Å². The van der Waals surface area contributed by atoms with E-state index in [0.717, 1.165) is 12.1 Å². The molecule has 8 heteroatoms. The van der Waals surface area contributed by atoms with Gasteiger partial charge < -0.3 is 15.1 Å². The number of urea groups is 1. The van der Waals surface area contributed by atoms with Crippen LogP contribution in [0.25, 0.3) is 0 Å². The van der Waals surface area contributed by atoms with Gasteiger partial charge in [-0.05, 0) is 19.1 Å². The molecule has 2 rings (SSSR count). The van der Waals surface area contributed by atoms with Gasteiger partial charge in [0.15, 0.2) is 11.6 Å². The normalized spacial score (nSPS) is 14.9. The topological polar surface area (TPSA) is 52.7 Å². The second-order valence-electron chi connectivity index (χ2n) is 4.86. The Morgan fingerprint density at radius 3 is 2.27 bits per heavy atom. The SMILES string of the molecule is CCNC(=O)N1CCN(C(=O)c2cc(F)c(F)cc2Cl)CC1. The average Bonchev–Trinajstić information content (AvgIpc) is 2.50. The highest BCUT2D eigenvalue weighted by Gasteiger charge is 2.26. The first kappa shape index (κ1) is 16.5. The summed E-state index contributed by atoms with van der Waals surface area (Å²) >= 11 is 5.81. The van der Waals surface area contributed by atoms with Crippen molar-refractivity contribution in [3.8, 4) is 0 Å². The highest BCUT2D eigenvalue weighted by atomic mass is 35.5. The Kier molecular flexibility index (Phi) is 5.18. The van der Waals surface area contributed by atoms with Crippen LogP contribution in [0.15, 0.2) is 12.1 Å². The van der Waals surface area contributed by atoms with Gasteiger partial charge in [-0.25, -0.2) is 13.6 Å². The summed E-state index contributed by atoms with van der Waals surface area (Å²) in [6.45, 7) is 3.72. The molecule has 22 heavy (non-hydrogen) atoms. The number of nitrogens with zero attached hydrogens (tertiary/aromatic N) is 2. The van der Waals surface area contributed by atoms with Crippen LogP contribution in [0.2, 0.25) is 5.02 Å². The molecule has 0 aliphatic carbocycles. The molecule has 1 aliphatic rings. The summed E-state index contributed by atoms with van der Waals surface area (Å²) in [5.41, 5.74) is -0.0768. The van der Waals surface area contributed by atoms with Gasteiger partial charge >= 0.3 is 6.03 Å². The van der Waals surface area contributed by atoms with Crippen LogP contribution in [0.1, 0.15) is 17.3 Å². The summed E-state index contributed by atoms with van der Waals surface area (Å²) in [7, 11) is 0. The maximum absolute atomic E-state index is 13.3. The van der Waals surface area contributed by atoms with Crippen molar-refractivity contribution in [3.63, 3.8) is 0 Å². The summed E-state index contributed by atoms with van der Waals surface area (Å²) < 4.78 is 26.3. The number of rotatable bonds is 2. The van der Waals surface area contributed by atoms with Crippen molar-refractivity contribution in [2.75, 3.05) is 32.7 Å². The van der Waals surface area contributed by atoms with Gasteiger partial charge in [0.1, 0.15) is 0 Å². The fourth-order valence-corrected chi connectivity index (χ4v) is 2.46. The fourth-order valence-electron chi connectivity index (χ4n) is 2.23. The van der Waals surface area contributed by atoms with Crippen LogP contribution in [0, 0.1) is 11.6 Å². The van der Waals surface area contributed by atoms with E-state index >= 15 is 0 Å². The molecule has 0 spiro atoms. The van der Waals surface area contributed by atoms with E-state index in [2.05, 4.69) is 5.32 Å². The zero-order valence-corrected chi connectivity index (χ0v) is 12.8. The number of piperazine rings is 1. The quantitative estimate of drug-likeness (QED) is 0.844. The average molecular weight is 332 g/mol. The number of carbonyl (C=O) groups is 2. The van der Waals surface area contributed by atoms with E-state index in [1.165, 1.54) is 4.90 Å². The van der Waals surface area contributed by atoms with Gasteiger partial charge in [0.2, 0.25) is 0 Å². The first-order chi connectivity index (χ1) is 10.4. The molecule has 0 unspecified atom stereocenters. The van der Waals surface area contributed by atoms with Crippen molar-refractivity contribution in [1.29, 1.82) is 0 Å². The molecule has 1 fully saturated rings. The fraction of sp³-hybridized carbons (Fsp3) is 0.429. The minimum atomic E-state index is -1.12. The molecule has 1 aliphatic heterocycles. The molecule has 3 amide bonds. The lowest BCUT2D eigenvalue weighted by Crippen LogP contribution is -2.53. The standard InChI is InChI=1S/C14H16ClF2N3O2/c1-2-18-14(22)20-5-3-19(4-6-20)13(21)9-7-11(16)12(17)8-10(9)15/h7-8H,2-6H2,1H3,(H,18,22). The van der Waals surface area contributed by atoms with Gasteiger partial charge in [0.25, 0.3) is 5.91 Å². The molecule has 1 aromatic rings. The lowest BCUT2D eigenvalue weighted by molar-refractivity contribution is 0.0665. The lowest BCUT2D eigenvalue weighted by atomic mass is 10.1. The van der Waals surface area contributed by atoms with E-state index in [9.17, 15) is 18.4 Å². The molecule has 0 aromatic heterocycles. The summed E-state index contributed by atoms with van der Waals surface area (Å²) in [4.78, 5) is 27.1. The molecule has 1 heterocycles. The van der Waals surface area contributed by atoms with Gasteiger partial charge in [-0.15, -0.1) is 0 Å². The number of amides is 3. The molecule has 120 valence electrons. The Labute approximate surface area is 131 Å². The van der Waals surface area contributed by atoms with Gasteiger partial charge in [0.05, 0.1) is 10.6 Å². The monoisotopic (exact) mass is 331 g/mol. The number of hydrogen-bond acceptors (Lipinski definition) is 2. The molecule has 0 saturated carbocycles. The molecule has 0 bridgehead atoms. The second kappa shape index (κ2) is 6.91. The van der Waals surface area contributed by atoms with Crippen LogP contribution >= 0.6 is 11.6 Å². The third kappa shape index (κ3) is 3.47. The van der Waals surface area contributed by atoms with Crippen LogP contribution in [0.3, 0.4) is 0 Å². The van der Waals surface area contributed by atoms with Crippen LogP contribution in [-0.2, 0) is 0 Å². The van der Waals surface area contributed by atoms with E-state index in [0.29, 0.717) is 32.7 Å². The molecule has 0 radical (unpaired) electrons. The molecule has 1 N–H and O–H groups in total. The molecule has 5 nitrogen and oxygen atoms in total. The number of halogens is 3. The summed E-state index contributed by atoms with van der Waals surface area (Å²) in [5.74, 6) is -2.68. The lowest BCUT2D eigenvalue weighted by Gasteiger charge is -2.34. The minimum absolute atomic E-state index is 0.0768. The number of hydrogen-bond donors (Lipinski definition) is 1. The van der Waals surface area contributed by atoms with Gasteiger partial charge in [-0.2, -0.15) is 0 Å². The predicted molar refractivity (Wildman–Crippen MR) is 77.9 cm³/mol. The number of nitrogens with one attached hydrogen (secondary N) is 1. The Morgan fingerprint density at radius 1 is 1.14 bits per heavy atom. The van der Waals surface area contributed by atoms with Gasteiger partial charge in [-0.1, -0.05) is 11.6 Å². The van der Waals surface area contributed by atoms with E-state index in [4.69, 9.17) is 11.6 Å². The van der Waals surface area contributed by atoms with Crippen molar-refractivity contribution in [2.24, 2.45) is 0 Å². The van der Waals surface area contributed by atoms with Crippen molar-refractivity contribution in [2.45, 2.75) is 6.92 Å². The molecular weight excluding hydrogens is 316 g/mol. The predicted octanol–water partition coefficient (Wildman–Crippen LogP) is 2.11. The van der Waals surface area contributed by atoms with Gasteiger partial charge in [0, 0.05) is 32.7 Å². The molecular formula is C14H16ClF2N3O2. The van der Waals surface area contributed by atoms with Crippen molar-refractivity contribution in [1.82, 2.24) is 15.1 Å². The zero-order valence-electron chi connectivity index (χ0n) is 12.0. The number of benzene rings is 1. The largest absolute Gasteiger partial charge is 0.338 e. The van der Waals surface area contributed by atoms with E-state index < -0.39 is 17.5 Å². The zero-order chi connectivity index (χ0) is 16.3. The maximum atomic E-state index is 13.3. The Balaban J connectivity index is 2.04. The first-order valence-corrected chi connectivity index (χ1v) is 7.28. The van der Waals surface area contributed by atoms with Crippen molar-refractivity contribution in [3.05, 3.63) is 34.4 Å². The summed E-state index contributed by atoms with van der Waals surface area (Å²) in [6.07, 6.45) is 0. The molecule has 1 aromatic carbocycles. The summed E-state index contributed by atoms with van der Waals surface area (Å²) in [6, 6.07) is 1.41. The maximum Gasteiger partial charge on any atom is 0.317 e. The third-order valence-electron chi connectivity index (χ3n) is 3.42.